The van der Waals surface area contributed by atoms with Crippen LogP contribution < -0.4 is 10.6 Å². The molecule has 8 heteroatoms. The molecule has 0 aromatic carbocycles. The number of piperazine rings is 1. The van der Waals surface area contributed by atoms with Crippen molar-refractivity contribution in [2.45, 2.75) is 32.2 Å². The molecule has 2 fully saturated rings. The summed E-state index contributed by atoms with van der Waals surface area (Å²) in [6.45, 7) is 8.40. The smallest absolute Gasteiger partial charge is 0.243 e. The van der Waals surface area contributed by atoms with Crippen LogP contribution in [0, 0.1) is 0 Å². The van der Waals surface area contributed by atoms with Crippen molar-refractivity contribution >= 4 is 11.8 Å². The number of rotatable bonds is 7. The van der Waals surface area contributed by atoms with Crippen LogP contribution in [0.5, 0.6) is 0 Å². The third-order valence-electron chi connectivity index (χ3n) is 4.72. The second-order valence-electron chi connectivity index (χ2n) is 6.31. The highest BCUT2D eigenvalue weighted by atomic mass is 19.1. The van der Waals surface area contributed by atoms with E-state index in [-0.39, 0.29) is 31.4 Å². The van der Waals surface area contributed by atoms with Gasteiger partial charge in [0.2, 0.25) is 11.8 Å². The Morgan fingerprint density at radius 2 is 2.08 bits per heavy atom. The van der Waals surface area contributed by atoms with E-state index in [1.54, 1.807) is 0 Å². The highest BCUT2D eigenvalue weighted by Gasteiger charge is 2.32. The lowest BCUT2D eigenvalue weighted by atomic mass is 10.0. The summed E-state index contributed by atoms with van der Waals surface area (Å²) in [6, 6.07) is -0.635. The molecule has 0 radical (unpaired) electrons. The molecule has 0 bridgehead atoms. The third kappa shape index (κ3) is 4.87. The molecule has 3 N–H and O–H groups in total. The first-order valence-corrected chi connectivity index (χ1v) is 8.69. The zero-order chi connectivity index (χ0) is 18.4. The van der Waals surface area contributed by atoms with Gasteiger partial charge in [0.05, 0.1) is 18.5 Å². The minimum absolute atomic E-state index is 0.121. The lowest BCUT2D eigenvalue weighted by molar-refractivity contribution is -0.138. The third-order valence-corrected chi connectivity index (χ3v) is 4.72. The lowest BCUT2D eigenvalue weighted by Crippen LogP contribution is -2.53. The Morgan fingerprint density at radius 3 is 2.64 bits per heavy atom. The Kier molecular flexibility index (Phi) is 7.10. The fraction of sp³-hybridized carbons (Fsp3) is 0.647. The SMILES string of the molecule is C=C(/C(F)=C(\CC)CN(CO)C1CCC(=O)NC1=O)N1CCNCC1. The molecule has 2 heterocycles. The predicted molar refractivity (Wildman–Crippen MR) is 92.0 cm³/mol. The van der Waals surface area contributed by atoms with Gasteiger partial charge in [-0.2, -0.15) is 0 Å². The van der Waals surface area contributed by atoms with Gasteiger partial charge in [-0.25, -0.2) is 4.39 Å². The summed E-state index contributed by atoms with van der Waals surface area (Å²) in [5.74, 6) is -1.14. The number of piperidine rings is 1. The highest BCUT2D eigenvalue weighted by molar-refractivity contribution is 6.00. The number of nitrogens with zero attached hydrogens (tertiary/aromatic N) is 2. The van der Waals surface area contributed by atoms with Gasteiger partial charge in [-0.15, -0.1) is 0 Å². The fourth-order valence-electron chi connectivity index (χ4n) is 3.15. The number of amides is 2. The molecule has 0 saturated carbocycles. The number of carbonyl (C=O) groups is 2. The minimum Gasteiger partial charge on any atom is -0.381 e. The van der Waals surface area contributed by atoms with E-state index in [1.165, 1.54) is 4.90 Å². The van der Waals surface area contributed by atoms with Gasteiger partial charge in [-0.3, -0.25) is 19.8 Å². The van der Waals surface area contributed by atoms with Crippen molar-refractivity contribution in [3.05, 3.63) is 23.7 Å². The van der Waals surface area contributed by atoms with Crippen molar-refractivity contribution in [3.8, 4) is 0 Å². The normalized spacial score (nSPS) is 22.7. The lowest BCUT2D eigenvalue weighted by Gasteiger charge is -2.33. The Balaban J connectivity index is 2.10. The molecule has 2 aliphatic heterocycles. The fourth-order valence-corrected chi connectivity index (χ4v) is 3.15. The van der Waals surface area contributed by atoms with E-state index in [4.69, 9.17) is 0 Å². The average Bonchev–Trinajstić information content (AvgIpc) is 2.63. The number of hydrogen-bond acceptors (Lipinski definition) is 6. The number of imide groups is 1. The van der Waals surface area contributed by atoms with Crippen LogP contribution in [0.25, 0.3) is 0 Å². The van der Waals surface area contributed by atoms with E-state index in [0.29, 0.717) is 37.2 Å². The molecular formula is C17H27FN4O3. The van der Waals surface area contributed by atoms with Gasteiger partial charge in [0, 0.05) is 39.1 Å². The van der Waals surface area contributed by atoms with Gasteiger partial charge in [-0.1, -0.05) is 13.5 Å². The summed E-state index contributed by atoms with van der Waals surface area (Å²) in [6.07, 6.45) is 0.983. The molecule has 1 unspecified atom stereocenters. The summed E-state index contributed by atoms with van der Waals surface area (Å²) < 4.78 is 14.9. The van der Waals surface area contributed by atoms with E-state index in [1.807, 2.05) is 11.8 Å². The Hall–Kier alpha value is -1.77. The first-order valence-electron chi connectivity index (χ1n) is 8.69. The van der Waals surface area contributed by atoms with Crippen molar-refractivity contribution < 1.29 is 19.1 Å². The van der Waals surface area contributed by atoms with E-state index in [9.17, 15) is 19.1 Å². The predicted octanol–water partition coefficient (Wildman–Crippen LogP) is 0.0959. The highest BCUT2D eigenvalue weighted by Crippen LogP contribution is 2.23. The molecule has 1 atom stereocenters. The molecule has 0 aromatic rings. The first-order chi connectivity index (χ1) is 12.0. The Bertz CT molecular complexity index is 558. The van der Waals surface area contributed by atoms with Crippen molar-refractivity contribution in [3.63, 3.8) is 0 Å². The van der Waals surface area contributed by atoms with Crippen LogP contribution in [0.2, 0.25) is 0 Å². The van der Waals surface area contributed by atoms with Crippen LogP contribution in [0.4, 0.5) is 4.39 Å². The van der Waals surface area contributed by atoms with Crippen molar-refractivity contribution in [1.29, 1.82) is 0 Å². The summed E-state index contributed by atoms with van der Waals surface area (Å²) in [4.78, 5) is 26.7. The number of halogens is 1. The van der Waals surface area contributed by atoms with Gasteiger partial charge in [0.15, 0.2) is 0 Å². The number of carbonyl (C=O) groups excluding carboxylic acids is 2. The minimum atomic E-state index is -0.635. The molecule has 2 amide bonds. The van der Waals surface area contributed by atoms with E-state index in [2.05, 4.69) is 17.2 Å². The summed E-state index contributed by atoms with van der Waals surface area (Å²) >= 11 is 0. The van der Waals surface area contributed by atoms with Gasteiger partial charge in [-0.05, 0) is 18.4 Å². The molecule has 2 saturated heterocycles. The average molecular weight is 354 g/mol. The molecule has 2 aliphatic rings. The molecule has 7 nitrogen and oxygen atoms in total. The number of aliphatic hydroxyl groups is 1. The second kappa shape index (κ2) is 9.07. The zero-order valence-electron chi connectivity index (χ0n) is 14.7. The van der Waals surface area contributed by atoms with Crippen molar-refractivity contribution in [2.24, 2.45) is 0 Å². The standard InChI is InChI=1S/C17H27FN4O3/c1-3-13(16(18)12(2)21-8-6-19-7-9-21)10-22(11-23)14-4-5-15(24)20-17(14)25/h14,19,23H,2-11H2,1H3,(H,20,24,25)/b16-13-. The molecule has 25 heavy (non-hydrogen) atoms. The van der Waals surface area contributed by atoms with Crippen LogP contribution in [0.3, 0.4) is 0 Å². The molecule has 0 spiro atoms. The maximum Gasteiger partial charge on any atom is 0.243 e. The number of allylic oxidation sites excluding steroid dienone is 1. The summed E-state index contributed by atoms with van der Waals surface area (Å²) in [5.41, 5.74) is 0.835. The largest absolute Gasteiger partial charge is 0.381 e. The van der Waals surface area contributed by atoms with Crippen LogP contribution in [0.1, 0.15) is 26.2 Å². The molecule has 0 aromatic heterocycles. The van der Waals surface area contributed by atoms with E-state index < -0.39 is 11.9 Å². The van der Waals surface area contributed by atoms with E-state index >= 15 is 0 Å². The quantitative estimate of drug-likeness (QED) is 0.342. The topological polar surface area (TPSA) is 84.9 Å². The Labute approximate surface area is 147 Å². The summed E-state index contributed by atoms with van der Waals surface area (Å²) in [5, 5.41) is 15.1. The van der Waals surface area contributed by atoms with E-state index in [0.717, 1.165) is 13.1 Å². The van der Waals surface area contributed by atoms with Crippen LogP contribution >= 0.6 is 0 Å². The van der Waals surface area contributed by atoms with Gasteiger partial charge in [0.1, 0.15) is 5.83 Å². The van der Waals surface area contributed by atoms with Gasteiger partial charge < -0.3 is 15.3 Å². The Morgan fingerprint density at radius 1 is 1.40 bits per heavy atom. The molecule has 0 aliphatic carbocycles. The molecule has 140 valence electrons. The monoisotopic (exact) mass is 354 g/mol. The molecule has 2 rings (SSSR count). The number of hydrogen-bond donors (Lipinski definition) is 3. The first kappa shape index (κ1) is 19.6. The van der Waals surface area contributed by atoms with Crippen LogP contribution in [-0.2, 0) is 9.59 Å². The van der Waals surface area contributed by atoms with Crippen molar-refractivity contribution in [2.75, 3.05) is 39.5 Å². The zero-order valence-corrected chi connectivity index (χ0v) is 14.7. The van der Waals surface area contributed by atoms with Gasteiger partial charge >= 0.3 is 0 Å². The van der Waals surface area contributed by atoms with Crippen LogP contribution in [-0.4, -0.2) is 72.2 Å². The van der Waals surface area contributed by atoms with Gasteiger partial charge in [0.25, 0.3) is 0 Å². The second-order valence-corrected chi connectivity index (χ2v) is 6.31. The van der Waals surface area contributed by atoms with Crippen LogP contribution in [0.15, 0.2) is 23.7 Å². The number of aliphatic hydroxyl groups excluding tert-OH is 1. The maximum absolute atomic E-state index is 14.9. The summed E-state index contributed by atoms with van der Waals surface area (Å²) in [7, 11) is 0. The maximum atomic E-state index is 14.9. The number of nitrogens with one attached hydrogen (secondary N) is 2. The molecular weight excluding hydrogens is 327 g/mol. The van der Waals surface area contributed by atoms with Crippen molar-refractivity contribution in [1.82, 2.24) is 20.4 Å².